The number of furan rings is 1. The number of nitrogens with one attached hydrogen (secondary N) is 1. The number of hydrogen-bond donors (Lipinski definition) is 1. The zero-order chi connectivity index (χ0) is 21.1. The van der Waals surface area contributed by atoms with Gasteiger partial charge in [0.15, 0.2) is 11.6 Å². The molecular weight excluding hydrogens is 404 g/mol. The van der Waals surface area contributed by atoms with Crippen LogP contribution in [-0.2, 0) is 4.79 Å². The van der Waals surface area contributed by atoms with Crippen molar-refractivity contribution in [3.63, 3.8) is 0 Å². The highest BCUT2D eigenvalue weighted by atomic mass is 32.2. The summed E-state index contributed by atoms with van der Waals surface area (Å²) in [6, 6.07) is 16.8. The molecule has 9 heteroatoms. The van der Waals surface area contributed by atoms with Crippen molar-refractivity contribution < 1.29 is 14.1 Å². The van der Waals surface area contributed by atoms with Gasteiger partial charge in [0.2, 0.25) is 5.91 Å². The van der Waals surface area contributed by atoms with Gasteiger partial charge in [-0.3, -0.25) is 14.9 Å². The average Bonchev–Trinajstić information content (AvgIpc) is 3.29. The monoisotopic (exact) mass is 420 g/mol. The third-order valence-electron chi connectivity index (χ3n) is 4.31. The van der Waals surface area contributed by atoms with Crippen molar-refractivity contribution in [3.05, 3.63) is 77.0 Å². The van der Waals surface area contributed by atoms with Crippen LogP contribution in [0.25, 0.3) is 22.5 Å². The molecule has 4 rings (SSSR count). The van der Waals surface area contributed by atoms with Crippen LogP contribution in [0.4, 0.5) is 11.4 Å². The molecular formula is C21H16N4O4S. The standard InChI is InChI=1S/C21H16N4O4S/c1-13(20(26)22-14-8-10-15(11-9-14)25(27)28)30-21-16-5-2-3-6-17(16)23-19(24-21)18-7-4-12-29-18/h2-13H,1H3,(H,22,26). The molecule has 0 aliphatic heterocycles. The van der Waals surface area contributed by atoms with E-state index in [0.717, 1.165) is 10.9 Å². The van der Waals surface area contributed by atoms with E-state index in [2.05, 4.69) is 15.3 Å². The van der Waals surface area contributed by atoms with Crippen LogP contribution in [0.3, 0.4) is 0 Å². The van der Waals surface area contributed by atoms with Crippen LogP contribution in [0.5, 0.6) is 0 Å². The number of benzene rings is 2. The van der Waals surface area contributed by atoms with Gasteiger partial charge in [-0.2, -0.15) is 0 Å². The summed E-state index contributed by atoms with van der Waals surface area (Å²) in [4.78, 5) is 32.1. The molecule has 2 aromatic heterocycles. The van der Waals surface area contributed by atoms with Crippen LogP contribution in [-0.4, -0.2) is 26.0 Å². The van der Waals surface area contributed by atoms with Crippen LogP contribution in [0.15, 0.2) is 76.4 Å². The number of hydrogen-bond acceptors (Lipinski definition) is 7. The Morgan fingerprint density at radius 3 is 2.57 bits per heavy atom. The van der Waals surface area contributed by atoms with E-state index in [9.17, 15) is 14.9 Å². The number of non-ortho nitro benzene ring substituents is 1. The first-order valence-electron chi connectivity index (χ1n) is 9.04. The second-order valence-electron chi connectivity index (χ2n) is 6.40. The minimum absolute atomic E-state index is 0.0340. The minimum atomic E-state index is -0.485. The molecule has 1 N–H and O–H groups in total. The van der Waals surface area contributed by atoms with Gasteiger partial charge in [0.05, 0.1) is 22.0 Å². The zero-order valence-electron chi connectivity index (χ0n) is 15.8. The number of amides is 1. The first-order valence-corrected chi connectivity index (χ1v) is 9.92. The van der Waals surface area contributed by atoms with Crippen LogP contribution >= 0.6 is 11.8 Å². The number of nitro groups is 1. The molecule has 0 radical (unpaired) electrons. The number of nitrogens with zero attached hydrogens (tertiary/aromatic N) is 3. The van der Waals surface area contributed by atoms with Crippen LogP contribution < -0.4 is 5.32 Å². The van der Waals surface area contributed by atoms with E-state index in [-0.39, 0.29) is 11.6 Å². The van der Waals surface area contributed by atoms with Crippen LogP contribution in [0, 0.1) is 10.1 Å². The number of aromatic nitrogens is 2. The van der Waals surface area contributed by atoms with Crippen molar-refractivity contribution in [2.75, 3.05) is 5.32 Å². The molecule has 0 aliphatic rings. The number of carbonyl (C=O) groups excluding carboxylic acids is 1. The van der Waals surface area contributed by atoms with Crippen molar-refractivity contribution >= 4 is 39.9 Å². The normalized spacial score (nSPS) is 11.9. The summed E-state index contributed by atoms with van der Waals surface area (Å²) in [5.74, 6) is 0.755. The molecule has 4 aromatic rings. The highest BCUT2D eigenvalue weighted by Gasteiger charge is 2.19. The number of anilines is 1. The number of fused-ring (bicyclic) bond motifs is 1. The summed E-state index contributed by atoms with van der Waals surface area (Å²) in [6.07, 6.45) is 1.56. The molecule has 0 saturated heterocycles. The molecule has 1 unspecified atom stereocenters. The highest BCUT2D eigenvalue weighted by molar-refractivity contribution is 8.00. The molecule has 0 bridgehead atoms. The zero-order valence-corrected chi connectivity index (χ0v) is 16.6. The van der Waals surface area contributed by atoms with Crippen molar-refractivity contribution in [3.8, 4) is 11.6 Å². The van der Waals surface area contributed by atoms with Gasteiger partial charge >= 0.3 is 0 Å². The molecule has 1 amide bonds. The van der Waals surface area contributed by atoms with Gasteiger partial charge in [-0.25, -0.2) is 9.97 Å². The molecule has 2 aromatic carbocycles. The molecule has 1 atom stereocenters. The lowest BCUT2D eigenvalue weighted by molar-refractivity contribution is -0.384. The second kappa shape index (κ2) is 8.34. The lowest BCUT2D eigenvalue weighted by Gasteiger charge is -2.13. The topological polar surface area (TPSA) is 111 Å². The lowest BCUT2D eigenvalue weighted by Crippen LogP contribution is -2.22. The van der Waals surface area contributed by atoms with Gasteiger partial charge in [-0.1, -0.05) is 30.0 Å². The first kappa shape index (κ1) is 19.6. The molecule has 0 saturated carbocycles. The minimum Gasteiger partial charge on any atom is -0.461 e. The fraction of sp³-hybridized carbons (Fsp3) is 0.0952. The van der Waals surface area contributed by atoms with E-state index in [1.54, 1.807) is 25.3 Å². The SMILES string of the molecule is CC(Sc1nc(-c2ccco2)nc2ccccc12)C(=O)Nc1ccc([N+](=O)[O-])cc1. The van der Waals surface area contributed by atoms with Gasteiger partial charge in [-0.15, -0.1) is 0 Å². The maximum atomic E-state index is 12.7. The predicted molar refractivity (Wildman–Crippen MR) is 114 cm³/mol. The molecule has 30 heavy (non-hydrogen) atoms. The van der Waals surface area contributed by atoms with Crippen molar-refractivity contribution in [1.29, 1.82) is 0 Å². The fourth-order valence-corrected chi connectivity index (χ4v) is 3.72. The van der Waals surface area contributed by atoms with E-state index in [1.165, 1.54) is 36.0 Å². The maximum Gasteiger partial charge on any atom is 0.269 e. The molecule has 0 aliphatic carbocycles. The summed E-state index contributed by atoms with van der Waals surface area (Å²) in [5, 5.41) is 14.6. The van der Waals surface area contributed by atoms with Crippen LogP contribution in [0.2, 0.25) is 0 Å². The van der Waals surface area contributed by atoms with E-state index in [0.29, 0.717) is 22.3 Å². The number of thioether (sulfide) groups is 1. The number of rotatable bonds is 6. The molecule has 0 spiro atoms. The van der Waals surface area contributed by atoms with Gasteiger partial charge < -0.3 is 9.73 Å². The van der Waals surface area contributed by atoms with E-state index in [4.69, 9.17) is 4.42 Å². The van der Waals surface area contributed by atoms with Gasteiger partial charge in [0.1, 0.15) is 5.03 Å². The summed E-state index contributed by atoms with van der Waals surface area (Å²) in [7, 11) is 0. The van der Waals surface area contributed by atoms with E-state index >= 15 is 0 Å². The molecule has 0 fully saturated rings. The molecule has 150 valence electrons. The summed E-state index contributed by atoms with van der Waals surface area (Å²) in [6.45, 7) is 1.77. The summed E-state index contributed by atoms with van der Waals surface area (Å²) < 4.78 is 5.42. The van der Waals surface area contributed by atoms with Gasteiger partial charge in [0.25, 0.3) is 5.69 Å². The number of nitro benzene ring substituents is 1. The largest absolute Gasteiger partial charge is 0.461 e. The Morgan fingerprint density at radius 2 is 1.87 bits per heavy atom. The Labute approximate surface area is 175 Å². The number of para-hydroxylation sites is 1. The van der Waals surface area contributed by atoms with Crippen LogP contribution in [0.1, 0.15) is 6.92 Å². The van der Waals surface area contributed by atoms with E-state index in [1.807, 2.05) is 24.3 Å². The molecule has 8 nitrogen and oxygen atoms in total. The van der Waals surface area contributed by atoms with Crippen molar-refractivity contribution in [1.82, 2.24) is 9.97 Å². The Balaban J connectivity index is 1.56. The van der Waals surface area contributed by atoms with Gasteiger partial charge in [-0.05, 0) is 37.3 Å². The lowest BCUT2D eigenvalue weighted by atomic mass is 10.2. The fourth-order valence-electron chi connectivity index (χ4n) is 2.78. The Kier molecular flexibility index (Phi) is 5.44. The Hall–Kier alpha value is -3.72. The quantitative estimate of drug-likeness (QED) is 0.204. The first-order chi connectivity index (χ1) is 14.5. The summed E-state index contributed by atoms with van der Waals surface area (Å²) >= 11 is 1.31. The highest BCUT2D eigenvalue weighted by Crippen LogP contribution is 2.31. The number of carbonyl (C=O) groups is 1. The van der Waals surface area contributed by atoms with Crippen molar-refractivity contribution in [2.24, 2.45) is 0 Å². The van der Waals surface area contributed by atoms with Gasteiger partial charge in [0, 0.05) is 23.2 Å². The van der Waals surface area contributed by atoms with Crippen molar-refractivity contribution in [2.45, 2.75) is 17.2 Å². The third-order valence-corrected chi connectivity index (χ3v) is 5.42. The summed E-state index contributed by atoms with van der Waals surface area (Å²) in [5.41, 5.74) is 1.21. The maximum absolute atomic E-state index is 12.7. The average molecular weight is 420 g/mol. The second-order valence-corrected chi connectivity index (χ2v) is 7.73. The smallest absolute Gasteiger partial charge is 0.269 e. The predicted octanol–water partition coefficient (Wildman–Crippen LogP) is 4.92. The Bertz CT molecular complexity index is 1210. The Morgan fingerprint density at radius 1 is 1.10 bits per heavy atom. The molecule has 2 heterocycles. The van der Waals surface area contributed by atoms with E-state index < -0.39 is 10.2 Å². The third kappa shape index (κ3) is 4.15.